The van der Waals surface area contributed by atoms with E-state index in [4.69, 9.17) is 9.47 Å². The van der Waals surface area contributed by atoms with E-state index >= 15 is 0 Å². The third kappa shape index (κ3) is 2.81. The van der Waals surface area contributed by atoms with E-state index in [-0.39, 0.29) is 5.91 Å². The molecule has 4 nitrogen and oxygen atoms in total. The van der Waals surface area contributed by atoms with Crippen LogP contribution < -0.4 is 14.8 Å². The summed E-state index contributed by atoms with van der Waals surface area (Å²) in [5.41, 5.74) is 1.28. The number of carbonyl (C=O) groups excluding carboxylic acids is 1. The average Bonchev–Trinajstić information content (AvgIpc) is 2.92. The van der Waals surface area contributed by atoms with Crippen molar-refractivity contribution in [1.29, 1.82) is 0 Å². The Labute approximate surface area is 109 Å². The third-order valence-corrected chi connectivity index (χ3v) is 3.08. The van der Waals surface area contributed by atoms with Crippen molar-refractivity contribution in [2.75, 3.05) is 19.5 Å². The molecule has 1 aromatic heterocycles. The summed E-state index contributed by atoms with van der Waals surface area (Å²) in [6.45, 7) is 0. The first kappa shape index (κ1) is 12.4. The van der Waals surface area contributed by atoms with Gasteiger partial charge in [0.2, 0.25) is 0 Å². The van der Waals surface area contributed by atoms with Crippen molar-refractivity contribution in [1.82, 2.24) is 0 Å². The molecule has 0 unspecified atom stereocenters. The van der Waals surface area contributed by atoms with Crippen LogP contribution in [0, 0.1) is 0 Å². The molecule has 0 saturated carbocycles. The Bertz CT molecular complexity index is 515. The van der Waals surface area contributed by atoms with E-state index < -0.39 is 0 Å². The van der Waals surface area contributed by atoms with Crippen LogP contribution in [0.3, 0.4) is 0 Å². The maximum atomic E-state index is 11.9. The van der Waals surface area contributed by atoms with Gasteiger partial charge in [0.15, 0.2) is 0 Å². The molecule has 0 aliphatic rings. The Kier molecular flexibility index (Phi) is 3.84. The summed E-state index contributed by atoms with van der Waals surface area (Å²) >= 11 is 1.48. The summed E-state index contributed by atoms with van der Waals surface area (Å²) in [7, 11) is 3.14. The van der Waals surface area contributed by atoms with Gasteiger partial charge in [0, 0.05) is 29.3 Å². The van der Waals surface area contributed by atoms with E-state index in [1.54, 1.807) is 43.9 Å². The summed E-state index contributed by atoms with van der Waals surface area (Å²) in [6, 6.07) is 7.01. The van der Waals surface area contributed by atoms with Crippen LogP contribution in [-0.4, -0.2) is 20.1 Å². The fourth-order valence-electron chi connectivity index (χ4n) is 1.48. The molecule has 2 aromatic rings. The van der Waals surface area contributed by atoms with Crippen molar-refractivity contribution in [3.63, 3.8) is 0 Å². The molecule has 94 valence electrons. The van der Waals surface area contributed by atoms with Gasteiger partial charge < -0.3 is 14.8 Å². The lowest BCUT2D eigenvalue weighted by atomic mass is 10.2. The molecule has 0 spiro atoms. The lowest BCUT2D eigenvalue weighted by molar-refractivity contribution is 0.102. The molecule has 2 rings (SSSR count). The minimum absolute atomic E-state index is 0.147. The van der Waals surface area contributed by atoms with Crippen LogP contribution in [0.5, 0.6) is 11.5 Å². The Morgan fingerprint density at radius 3 is 2.33 bits per heavy atom. The number of hydrogen-bond acceptors (Lipinski definition) is 4. The van der Waals surface area contributed by atoms with Crippen LogP contribution in [0.25, 0.3) is 0 Å². The van der Waals surface area contributed by atoms with E-state index in [1.165, 1.54) is 11.3 Å². The van der Waals surface area contributed by atoms with Gasteiger partial charge in [-0.25, -0.2) is 0 Å². The number of methoxy groups -OCH3 is 2. The Morgan fingerprint density at radius 1 is 1.17 bits per heavy atom. The van der Waals surface area contributed by atoms with Crippen molar-refractivity contribution in [3.05, 3.63) is 40.6 Å². The zero-order chi connectivity index (χ0) is 13.0. The van der Waals surface area contributed by atoms with Crippen molar-refractivity contribution >= 4 is 22.9 Å². The van der Waals surface area contributed by atoms with Crippen LogP contribution in [0.4, 0.5) is 5.69 Å². The van der Waals surface area contributed by atoms with Gasteiger partial charge in [-0.3, -0.25) is 4.79 Å². The van der Waals surface area contributed by atoms with Crippen LogP contribution in [0.1, 0.15) is 10.4 Å². The van der Waals surface area contributed by atoms with Gasteiger partial charge in [-0.15, -0.1) is 0 Å². The topological polar surface area (TPSA) is 47.6 Å². The quantitative estimate of drug-likeness (QED) is 0.922. The number of benzene rings is 1. The summed E-state index contributed by atoms with van der Waals surface area (Å²) in [4.78, 5) is 11.9. The monoisotopic (exact) mass is 263 g/mol. The number of ether oxygens (including phenoxy) is 2. The Morgan fingerprint density at radius 2 is 1.83 bits per heavy atom. The molecule has 5 heteroatoms. The lowest BCUT2D eigenvalue weighted by Crippen LogP contribution is -2.10. The molecule has 0 radical (unpaired) electrons. The molecule has 0 aliphatic carbocycles. The van der Waals surface area contributed by atoms with Crippen molar-refractivity contribution < 1.29 is 14.3 Å². The van der Waals surface area contributed by atoms with Gasteiger partial charge in [-0.1, -0.05) is 0 Å². The summed E-state index contributed by atoms with van der Waals surface area (Å²) in [6.07, 6.45) is 0. The first-order valence-electron chi connectivity index (χ1n) is 5.29. The number of amides is 1. The highest BCUT2D eigenvalue weighted by Crippen LogP contribution is 2.26. The molecule has 1 N–H and O–H groups in total. The van der Waals surface area contributed by atoms with Gasteiger partial charge in [-0.2, -0.15) is 11.3 Å². The molecule has 0 atom stereocenters. The van der Waals surface area contributed by atoms with Crippen LogP contribution in [0.15, 0.2) is 35.0 Å². The molecule has 1 heterocycles. The summed E-state index contributed by atoms with van der Waals surface area (Å²) < 4.78 is 10.3. The molecular formula is C13H13NO3S. The first-order valence-corrected chi connectivity index (χ1v) is 6.24. The van der Waals surface area contributed by atoms with Crippen LogP contribution in [-0.2, 0) is 0 Å². The molecule has 1 amide bonds. The first-order chi connectivity index (χ1) is 8.72. The number of thiophene rings is 1. The predicted octanol–water partition coefficient (Wildman–Crippen LogP) is 3.02. The van der Waals surface area contributed by atoms with Crippen molar-refractivity contribution in [2.45, 2.75) is 0 Å². The molecular weight excluding hydrogens is 250 g/mol. The van der Waals surface area contributed by atoms with Gasteiger partial charge >= 0.3 is 0 Å². The van der Waals surface area contributed by atoms with Crippen molar-refractivity contribution in [2.24, 2.45) is 0 Å². The van der Waals surface area contributed by atoms with Crippen LogP contribution >= 0.6 is 11.3 Å². The molecule has 18 heavy (non-hydrogen) atoms. The number of nitrogens with one attached hydrogen (secondary N) is 1. The van der Waals surface area contributed by atoms with E-state index in [0.717, 1.165) is 0 Å². The SMILES string of the molecule is COc1cc(NC(=O)c2ccsc2)cc(OC)c1. The molecule has 0 saturated heterocycles. The van der Waals surface area contributed by atoms with Gasteiger partial charge in [0.05, 0.1) is 19.8 Å². The minimum Gasteiger partial charge on any atom is -0.497 e. The van der Waals surface area contributed by atoms with Gasteiger partial charge in [0.1, 0.15) is 11.5 Å². The number of rotatable bonds is 4. The molecule has 0 fully saturated rings. The zero-order valence-electron chi connectivity index (χ0n) is 10.1. The van der Waals surface area contributed by atoms with E-state index in [0.29, 0.717) is 22.7 Å². The fourth-order valence-corrected chi connectivity index (χ4v) is 2.11. The minimum atomic E-state index is -0.147. The highest BCUT2D eigenvalue weighted by atomic mass is 32.1. The maximum Gasteiger partial charge on any atom is 0.256 e. The number of hydrogen-bond donors (Lipinski definition) is 1. The summed E-state index contributed by atoms with van der Waals surface area (Å²) in [5.74, 6) is 1.12. The zero-order valence-corrected chi connectivity index (χ0v) is 10.9. The van der Waals surface area contributed by atoms with E-state index in [9.17, 15) is 4.79 Å². The van der Waals surface area contributed by atoms with Gasteiger partial charge in [-0.05, 0) is 11.4 Å². The van der Waals surface area contributed by atoms with Crippen LogP contribution in [0.2, 0.25) is 0 Å². The fraction of sp³-hybridized carbons (Fsp3) is 0.154. The number of anilines is 1. The number of carbonyl (C=O) groups is 1. The standard InChI is InChI=1S/C13H13NO3S/c1-16-11-5-10(6-12(7-11)17-2)14-13(15)9-3-4-18-8-9/h3-8H,1-2H3,(H,14,15). The molecule has 0 bridgehead atoms. The smallest absolute Gasteiger partial charge is 0.256 e. The average molecular weight is 263 g/mol. The molecule has 1 aromatic carbocycles. The molecule has 0 aliphatic heterocycles. The summed E-state index contributed by atoms with van der Waals surface area (Å²) in [5, 5.41) is 6.46. The van der Waals surface area contributed by atoms with Crippen molar-refractivity contribution in [3.8, 4) is 11.5 Å². The highest BCUT2D eigenvalue weighted by Gasteiger charge is 2.08. The second-order valence-corrected chi connectivity index (χ2v) is 4.35. The highest BCUT2D eigenvalue weighted by molar-refractivity contribution is 7.08. The maximum absolute atomic E-state index is 11.9. The van der Waals surface area contributed by atoms with E-state index in [2.05, 4.69) is 5.32 Å². The largest absolute Gasteiger partial charge is 0.497 e. The van der Waals surface area contributed by atoms with E-state index in [1.807, 2.05) is 5.38 Å². The third-order valence-electron chi connectivity index (χ3n) is 2.39. The normalized spacial score (nSPS) is 9.89. The Balaban J connectivity index is 2.20. The second-order valence-electron chi connectivity index (χ2n) is 3.57. The lowest BCUT2D eigenvalue weighted by Gasteiger charge is -2.09. The Hall–Kier alpha value is -2.01. The van der Waals surface area contributed by atoms with Gasteiger partial charge in [0.25, 0.3) is 5.91 Å². The second kappa shape index (κ2) is 5.55. The predicted molar refractivity (Wildman–Crippen MR) is 71.8 cm³/mol.